The smallest absolute Gasteiger partial charge is 0.321 e. The molecule has 0 aliphatic carbocycles. The van der Waals surface area contributed by atoms with Crippen LogP contribution in [-0.4, -0.2) is 36.4 Å². The molecule has 0 spiro atoms. The number of nitro groups is 1. The van der Waals surface area contributed by atoms with Gasteiger partial charge in [0.25, 0.3) is 5.69 Å². The Morgan fingerprint density at radius 2 is 1.50 bits per heavy atom. The van der Waals surface area contributed by atoms with Crippen molar-refractivity contribution < 1.29 is 28.0 Å². The molecular formula is C23H21N3O7S. The zero-order valence-electron chi connectivity index (χ0n) is 17.7. The number of anilines is 1. The zero-order valence-corrected chi connectivity index (χ0v) is 18.6. The van der Waals surface area contributed by atoms with Crippen LogP contribution >= 0.6 is 0 Å². The largest absolute Gasteiger partial charge is 0.480 e. The Bertz CT molecular complexity index is 1280. The molecule has 11 heteroatoms. The first-order valence-electron chi connectivity index (χ1n) is 10.1. The van der Waals surface area contributed by atoms with Gasteiger partial charge >= 0.3 is 5.97 Å². The second-order valence-corrected chi connectivity index (χ2v) is 9.01. The molecular weight excluding hydrogens is 462 g/mol. The molecule has 0 heterocycles. The van der Waals surface area contributed by atoms with Gasteiger partial charge in [0.1, 0.15) is 6.04 Å². The predicted octanol–water partition coefficient (Wildman–Crippen LogP) is 3.41. The maximum Gasteiger partial charge on any atom is 0.321 e. The molecule has 0 aliphatic heterocycles. The van der Waals surface area contributed by atoms with E-state index in [1.807, 2.05) is 30.3 Å². The fraction of sp³-hybridized carbons (Fsp3) is 0.130. The fourth-order valence-electron chi connectivity index (χ4n) is 3.11. The molecule has 1 atom stereocenters. The van der Waals surface area contributed by atoms with Crippen molar-refractivity contribution in [2.45, 2.75) is 23.8 Å². The fourth-order valence-corrected chi connectivity index (χ4v) is 4.33. The molecule has 0 fully saturated rings. The summed E-state index contributed by atoms with van der Waals surface area (Å²) < 4.78 is 27.5. The lowest BCUT2D eigenvalue weighted by atomic mass is 10.1. The number of hydrogen-bond donors (Lipinski definition) is 3. The van der Waals surface area contributed by atoms with E-state index in [-0.39, 0.29) is 23.4 Å². The lowest BCUT2D eigenvalue weighted by molar-refractivity contribution is -0.384. The highest BCUT2D eigenvalue weighted by Gasteiger charge is 2.26. The average molecular weight is 484 g/mol. The summed E-state index contributed by atoms with van der Waals surface area (Å²) in [4.78, 5) is 33.7. The monoisotopic (exact) mass is 483 g/mol. The van der Waals surface area contributed by atoms with Gasteiger partial charge in [0.15, 0.2) is 0 Å². The van der Waals surface area contributed by atoms with Gasteiger partial charge in [-0.05, 0) is 41.8 Å². The molecule has 0 aliphatic rings. The van der Waals surface area contributed by atoms with Crippen LogP contribution in [0.3, 0.4) is 0 Å². The standard InChI is InChI=1S/C23H21N3O7S/c27-22(24-18-8-10-19(11-9-18)26(30)31)15-14-21(23(28)29)25-34(32,33)20-12-6-17(7-13-20)16-4-2-1-3-5-16/h1-13,21,25H,14-15H2,(H,24,27)(H,28,29)/t21-/m0/s1. The molecule has 3 N–H and O–H groups in total. The summed E-state index contributed by atoms with van der Waals surface area (Å²) >= 11 is 0. The van der Waals surface area contributed by atoms with Crippen molar-refractivity contribution in [2.24, 2.45) is 0 Å². The van der Waals surface area contributed by atoms with E-state index in [9.17, 15) is 33.2 Å². The molecule has 3 aromatic rings. The number of aliphatic carboxylic acids is 1. The highest BCUT2D eigenvalue weighted by Crippen LogP contribution is 2.21. The maximum absolute atomic E-state index is 12.7. The van der Waals surface area contributed by atoms with Gasteiger partial charge in [-0.1, -0.05) is 42.5 Å². The molecule has 10 nitrogen and oxygen atoms in total. The first-order chi connectivity index (χ1) is 16.2. The number of benzene rings is 3. The molecule has 0 saturated carbocycles. The Kier molecular flexibility index (Phi) is 7.71. The van der Waals surface area contributed by atoms with Gasteiger partial charge in [0.05, 0.1) is 9.82 Å². The summed E-state index contributed by atoms with van der Waals surface area (Å²) in [6.07, 6.45) is -0.584. The third kappa shape index (κ3) is 6.47. The number of carboxylic acid groups (broad SMARTS) is 1. The van der Waals surface area contributed by atoms with E-state index in [1.165, 1.54) is 36.4 Å². The number of nitrogens with one attached hydrogen (secondary N) is 2. The number of sulfonamides is 1. The van der Waals surface area contributed by atoms with Crippen LogP contribution in [0.1, 0.15) is 12.8 Å². The average Bonchev–Trinajstić information content (AvgIpc) is 2.82. The lowest BCUT2D eigenvalue weighted by Crippen LogP contribution is -2.41. The highest BCUT2D eigenvalue weighted by atomic mass is 32.2. The van der Waals surface area contributed by atoms with E-state index in [0.717, 1.165) is 11.1 Å². The van der Waals surface area contributed by atoms with E-state index in [1.54, 1.807) is 12.1 Å². The Hall–Kier alpha value is -4.09. The number of amides is 1. The van der Waals surface area contributed by atoms with Crippen molar-refractivity contribution in [1.29, 1.82) is 0 Å². The molecule has 0 saturated heterocycles. The number of carboxylic acids is 1. The number of carbonyl (C=O) groups excluding carboxylic acids is 1. The van der Waals surface area contributed by atoms with Gasteiger partial charge in [0, 0.05) is 24.2 Å². The van der Waals surface area contributed by atoms with Crippen molar-refractivity contribution in [1.82, 2.24) is 4.72 Å². The van der Waals surface area contributed by atoms with Crippen LogP contribution in [0.5, 0.6) is 0 Å². The van der Waals surface area contributed by atoms with Crippen molar-refractivity contribution in [3.8, 4) is 11.1 Å². The normalized spacial score (nSPS) is 12.0. The van der Waals surface area contributed by atoms with Crippen molar-refractivity contribution in [2.75, 3.05) is 5.32 Å². The van der Waals surface area contributed by atoms with Crippen LogP contribution in [-0.2, 0) is 19.6 Å². The van der Waals surface area contributed by atoms with Crippen LogP contribution in [0.25, 0.3) is 11.1 Å². The Labute approximate surface area is 195 Å². The summed E-state index contributed by atoms with van der Waals surface area (Å²) in [7, 11) is -4.15. The first kappa shape index (κ1) is 24.6. The maximum atomic E-state index is 12.7. The quantitative estimate of drug-likeness (QED) is 0.295. The van der Waals surface area contributed by atoms with Crippen molar-refractivity contribution in [3.05, 3.63) is 89.0 Å². The minimum atomic E-state index is -4.15. The molecule has 1 amide bonds. The lowest BCUT2D eigenvalue weighted by Gasteiger charge is -2.15. The van der Waals surface area contributed by atoms with Gasteiger partial charge in [-0.2, -0.15) is 4.72 Å². The van der Waals surface area contributed by atoms with Gasteiger partial charge < -0.3 is 10.4 Å². The number of nitrogens with zero attached hydrogens (tertiary/aromatic N) is 1. The van der Waals surface area contributed by atoms with Gasteiger partial charge in [-0.15, -0.1) is 0 Å². The summed E-state index contributed by atoms with van der Waals surface area (Å²) in [6.45, 7) is 0. The topological polar surface area (TPSA) is 156 Å². The number of non-ortho nitro benzene ring substituents is 1. The molecule has 34 heavy (non-hydrogen) atoms. The van der Waals surface area contributed by atoms with E-state index >= 15 is 0 Å². The summed E-state index contributed by atoms with van der Waals surface area (Å²) in [5.41, 5.74) is 1.86. The molecule has 0 unspecified atom stereocenters. The van der Waals surface area contributed by atoms with E-state index in [2.05, 4.69) is 10.0 Å². The van der Waals surface area contributed by atoms with Crippen LogP contribution in [0.4, 0.5) is 11.4 Å². The second kappa shape index (κ2) is 10.7. The Morgan fingerprint density at radius 1 is 0.912 bits per heavy atom. The molecule has 176 valence electrons. The molecule has 0 bridgehead atoms. The van der Waals surface area contributed by atoms with Gasteiger partial charge in [-0.25, -0.2) is 8.42 Å². The van der Waals surface area contributed by atoms with E-state index in [0.29, 0.717) is 5.69 Å². The Morgan fingerprint density at radius 3 is 2.06 bits per heavy atom. The third-order valence-electron chi connectivity index (χ3n) is 4.89. The summed E-state index contributed by atoms with van der Waals surface area (Å²) in [6, 6.07) is 18.9. The number of carbonyl (C=O) groups is 2. The molecule has 3 rings (SSSR count). The number of nitro benzene ring substituents is 1. The highest BCUT2D eigenvalue weighted by molar-refractivity contribution is 7.89. The summed E-state index contributed by atoms with van der Waals surface area (Å²) in [5, 5.41) is 22.6. The zero-order chi connectivity index (χ0) is 24.7. The number of rotatable bonds is 10. The van der Waals surface area contributed by atoms with Crippen molar-refractivity contribution >= 4 is 33.3 Å². The van der Waals surface area contributed by atoms with Crippen molar-refractivity contribution in [3.63, 3.8) is 0 Å². The minimum absolute atomic E-state index is 0.103. The van der Waals surface area contributed by atoms with E-state index < -0.39 is 32.9 Å². The first-order valence-corrected chi connectivity index (χ1v) is 11.6. The van der Waals surface area contributed by atoms with Crippen LogP contribution in [0, 0.1) is 10.1 Å². The van der Waals surface area contributed by atoms with Crippen LogP contribution in [0.15, 0.2) is 83.8 Å². The Balaban J connectivity index is 1.61. The minimum Gasteiger partial charge on any atom is -0.480 e. The number of hydrogen-bond acceptors (Lipinski definition) is 6. The summed E-state index contributed by atoms with van der Waals surface area (Å²) in [5.74, 6) is -1.99. The van der Waals surface area contributed by atoms with Crippen LogP contribution < -0.4 is 10.0 Å². The second-order valence-electron chi connectivity index (χ2n) is 7.29. The molecule has 3 aromatic carbocycles. The SMILES string of the molecule is O=C(CC[C@H](NS(=O)(=O)c1ccc(-c2ccccc2)cc1)C(=O)O)Nc1ccc([N+](=O)[O-])cc1. The molecule has 0 radical (unpaired) electrons. The third-order valence-corrected chi connectivity index (χ3v) is 6.38. The van der Waals surface area contributed by atoms with Gasteiger partial charge in [-0.3, -0.25) is 19.7 Å². The van der Waals surface area contributed by atoms with Gasteiger partial charge in [0.2, 0.25) is 15.9 Å². The predicted molar refractivity (Wildman–Crippen MR) is 125 cm³/mol. The van der Waals surface area contributed by atoms with Crippen LogP contribution in [0.2, 0.25) is 0 Å². The van der Waals surface area contributed by atoms with E-state index in [4.69, 9.17) is 0 Å². The molecule has 0 aromatic heterocycles.